The zero-order valence-electron chi connectivity index (χ0n) is 26.9. The van der Waals surface area contributed by atoms with Crippen LogP contribution in [0, 0.1) is 12.8 Å². The second kappa shape index (κ2) is 13.6. The van der Waals surface area contributed by atoms with Crippen LogP contribution >= 0.6 is 0 Å². The first kappa shape index (κ1) is 31.8. The molecule has 1 atom stereocenters. The van der Waals surface area contributed by atoms with E-state index in [2.05, 4.69) is 36.7 Å². The highest BCUT2D eigenvalue weighted by Crippen LogP contribution is 2.37. The molecule has 1 aliphatic heterocycles. The van der Waals surface area contributed by atoms with Crippen molar-refractivity contribution in [2.24, 2.45) is 5.92 Å². The second-order valence-corrected chi connectivity index (χ2v) is 12.6. The Labute approximate surface area is 265 Å². The fourth-order valence-corrected chi connectivity index (χ4v) is 5.76. The highest BCUT2D eigenvalue weighted by Gasteiger charge is 2.32. The van der Waals surface area contributed by atoms with Crippen LogP contribution in [0.4, 0.5) is 16.3 Å². The fourth-order valence-electron chi connectivity index (χ4n) is 5.76. The van der Waals surface area contributed by atoms with Gasteiger partial charge in [-0.2, -0.15) is 5.10 Å². The maximum Gasteiger partial charge on any atom is 0.324 e. The Morgan fingerprint density at radius 1 is 0.889 bits per heavy atom. The smallest absolute Gasteiger partial charge is 0.324 e. The Morgan fingerprint density at radius 3 is 2.18 bits per heavy atom. The number of nitrogens with one attached hydrogen (secondary N) is 3. The molecule has 3 N–H and O–H groups in total. The van der Waals surface area contributed by atoms with Crippen molar-refractivity contribution in [2.75, 3.05) is 37.9 Å². The highest BCUT2D eigenvalue weighted by molar-refractivity contribution is 6.02. The average Bonchev–Trinajstić information content (AvgIpc) is 3.46. The number of nitrogens with zero attached hydrogens (tertiary/aromatic N) is 2. The number of hydrogen-bond acceptors (Lipinski definition) is 6. The minimum absolute atomic E-state index is 0.0420. The number of methoxy groups -OCH3 is 2. The van der Waals surface area contributed by atoms with Crippen molar-refractivity contribution >= 4 is 23.3 Å². The summed E-state index contributed by atoms with van der Waals surface area (Å²) in [5, 5.41) is 14.1. The molecule has 1 fully saturated rings. The van der Waals surface area contributed by atoms with Crippen LogP contribution in [0.1, 0.15) is 66.7 Å². The predicted octanol–water partition coefficient (Wildman–Crippen LogP) is 7.11. The standard InChI is InChI=1S/C36H43N5O4/c1-23-7-14-28(15-8-23)41-32(22-31(40-41)36(2,3)4)39-35(43)38-27-12-9-24(10-13-27)33(25-17-19-37-20-18-25)34(42)26-11-16-29(44-5)30(21-26)45-6/h7-16,21-22,25,33,37H,17-20H2,1-6H3,(H2,38,39,43). The number of aromatic nitrogens is 2. The summed E-state index contributed by atoms with van der Waals surface area (Å²) in [7, 11) is 3.15. The van der Waals surface area contributed by atoms with E-state index in [0.717, 1.165) is 48.4 Å². The van der Waals surface area contributed by atoms with Gasteiger partial charge in [-0.3, -0.25) is 10.1 Å². The molecule has 45 heavy (non-hydrogen) atoms. The number of aryl methyl sites for hydroxylation is 1. The van der Waals surface area contributed by atoms with Crippen LogP contribution in [0.5, 0.6) is 11.5 Å². The fraction of sp³-hybridized carbons (Fsp3) is 0.361. The number of rotatable bonds is 9. The molecule has 3 aromatic carbocycles. The number of carbonyl (C=O) groups excluding carboxylic acids is 2. The number of anilines is 2. The van der Waals surface area contributed by atoms with Gasteiger partial charge in [0, 0.05) is 22.7 Å². The summed E-state index contributed by atoms with van der Waals surface area (Å²) in [4.78, 5) is 27.2. The van der Waals surface area contributed by atoms with Crippen LogP contribution in [0.15, 0.2) is 72.8 Å². The van der Waals surface area contributed by atoms with Gasteiger partial charge in [-0.15, -0.1) is 0 Å². The van der Waals surface area contributed by atoms with Crippen molar-refractivity contribution in [3.8, 4) is 17.2 Å². The summed E-state index contributed by atoms with van der Waals surface area (Å²) >= 11 is 0. The molecule has 1 unspecified atom stereocenters. The molecule has 9 heteroatoms. The van der Waals surface area contributed by atoms with E-state index in [9.17, 15) is 9.59 Å². The number of urea groups is 1. The summed E-state index contributed by atoms with van der Waals surface area (Å²) in [6.07, 6.45) is 1.80. The Bertz CT molecular complexity index is 1630. The van der Waals surface area contributed by atoms with Gasteiger partial charge >= 0.3 is 6.03 Å². The molecule has 4 aromatic rings. The highest BCUT2D eigenvalue weighted by atomic mass is 16.5. The van der Waals surface area contributed by atoms with Gasteiger partial charge in [-0.25, -0.2) is 9.48 Å². The van der Waals surface area contributed by atoms with Gasteiger partial charge in [-0.1, -0.05) is 50.6 Å². The van der Waals surface area contributed by atoms with E-state index in [1.54, 1.807) is 37.1 Å². The maximum absolute atomic E-state index is 14.0. The molecule has 1 aromatic heterocycles. The summed E-state index contributed by atoms with van der Waals surface area (Å²) in [6, 6.07) is 22.4. The lowest BCUT2D eigenvalue weighted by Crippen LogP contribution is -2.33. The van der Waals surface area contributed by atoms with Crippen LogP contribution in [0.3, 0.4) is 0 Å². The van der Waals surface area contributed by atoms with Gasteiger partial charge in [0.25, 0.3) is 0 Å². The Hall–Kier alpha value is -4.63. The Morgan fingerprint density at radius 2 is 1.56 bits per heavy atom. The molecule has 5 rings (SSSR count). The van der Waals surface area contributed by atoms with E-state index in [4.69, 9.17) is 14.6 Å². The van der Waals surface area contributed by atoms with E-state index in [-0.39, 0.29) is 29.1 Å². The van der Waals surface area contributed by atoms with Crippen LogP contribution in [-0.4, -0.2) is 48.9 Å². The van der Waals surface area contributed by atoms with Crippen molar-refractivity contribution in [3.05, 3.63) is 95.2 Å². The predicted molar refractivity (Wildman–Crippen MR) is 178 cm³/mol. The first-order chi connectivity index (χ1) is 21.6. The topological polar surface area (TPSA) is 107 Å². The van der Waals surface area contributed by atoms with Crippen LogP contribution in [0.25, 0.3) is 5.69 Å². The van der Waals surface area contributed by atoms with Crippen molar-refractivity contribution in [1.82, 2.24) is 15.1 Å². The third-order valence-electron chi connectivity index (χ3n) is 8.33. The van der Waals surface area contributed by atoms with E-state index in [1.807, 2.05) is 61.5 Å². The van der Waals surface area contributed by atoms with Crippen molar-refractivity contribution in [2.45, 2.75) is 51.9 Å². The number of amides is 2. The Kier molecular flexibility index (Phi) is 9.58. The molecular weight excluding hydrogens is 566 g/mol. The summed E-state index contributed by atoms with van der Waals surface area (Å²) in [5.41, 5.74) is 4.79. The van der Waals surface area contributed by atoms with Crippen molar-refractivity contribution in [3.63, 3.8) is 0 Å². The molecule has 0 bridgehead atoms. The SMILES string of the molecule is COc1ccc(C(=O)C(c2ccc(NC(=O)Nc3cc(C(C)(C)C)nn3-c3ccc(C)cc3)cc2)C2CCNCC2)cc1OC. The minimum Gasteiger partial charge on any atom is -0.493 e. The first-order valence-corrected chi connectivity index (χ1v) is 15.4. The number of piperidine rings is 1. The zero-order chi connectivity index (χ0) is 32.1. The third-order valence-corrected chi connectivity index (χ3v) is 8.33. The molecule has 236 valence electrons. The number of hydrogen-bond donors (Lipinski definition) is 3. The van der Waals surface area contributed by atoms with Gasteiger partial charge in [0.1, 0.15) is 5.82 Å². The van der Waals surface area contributed by atoms with Gasteiger partial charge in [-0.05, 0) is 86.8 Å². The number of ether oxygens (including phenoxy) is 2. The van der Waals surface area contributed by atoms with Crippen LogP contribution < -0.4 is 25.4 Å². The molecule has 2 amide bonds. The molecule has 2 heterocycles. The number of benzene rings is 3. The third kappa shape index (κ3) is 7.37. The van der Waals surface area contributed by atoms with Gasteiger partial charge in [0.2, 0.25) is 0 Å². The molecule has 0 radical (unpaired) electrons. The second-order valence-electron chi connectivity index (χ2n) is 12.6. The number of carbonyl (C=O) groups is 2. The molecular formula is C36H43N5O4. The van der Waals surface area contributed by atoms with Crippen LogP contribution in [-0.2, 0) is 5.41 Å². The van der Waals surface area contributed by atoms with Crippen molar-refractivity contribution < 1.29 is 19.1 Å². The molecule has 9 nitrogen and oxygen atoms in total. The largest absolute Gasteiger partial charge is 0.493 e. The van der Waals surface area contributed by atoms with Crippen molar-refractivity contribution in [1.29, 1.82) is 0 Å². The number of ketones is 1. The summed E-state index contributed by atoms with van der Waals surface area (Å²) < 4.78 is 12.6. The quantitative estimate of drug-likeness (QED) is 0.175. The minimum atomic E-state index is -0.382. The maximum atomic E-state index is 14.0. The van der Waals surface area contributed by atoms with E-state index < -0.39 is 0 Å². The van der Waals surface area contributed by atoms with Gasteiger partial charge in [0.05, 0.1) is 31.5 Å². The summed E-state index contributed by atoms with van der Waals surface area (Å²) in [6.45, 7) is 10.0. The molecule has 1 aliphatic rings. The summed E-state index contributed by atoms with van der Waals surface area (Å²) in [5.74, 6) is 1.58. The zero-order valence-corrected chi connectivity index (χ0v) is 26.9. The van der Waals surface area contributed by atoms with Gasteiger partial charge < -0.3 is 20.1 Å². The lowest BCUT2D eigenvalue weighted by Gasteiger charge is -2.30. The Balaban J connectivity index is 1.36. The van der Waals surface area contributed by atoms with Crippen LogP contribution in [0.2, 0.25) is 0 Å². The van der Waals surface area contributed by atoms with E-state index in [1.165, 1.54) is 0 Å². The monoisotopic (exact) mass is 609 g/mol. The van der Waals surface area contributed by atoms with E-state index >= 15 is 0 Å². The first-order valence-electron chi connectivity index (χ1n) is 15.4. The molecule has 0 spiro atoms. The lowest BCUT2D eigenvalue weighted by atomic mass is 9.76. The molecule has 1 saturated heterocycles. The van der Waals surface area contributed by atoms with E-state index in [0.29, 0.717) is 28.6 Å². The average molecular weight is 610 g/mol. The number of Topliss-reactive ketones (excluding diaryl/α,β-unsaturated/α-hetero) is 1. The lowest BCUT2D eigenvalue weighted by molar-refractivity contribution is 0.0915. The molecule has 0 aliphatic carbocycles. The van der Waals surface area contributed by atoms with Gasteiger partial charge in [0.15, 0.2) is 17.3 Å². The normalized spacial score (nSPS) is 14.4. The molecule has 0 saturated carbocycles.